The zero-order valence-corrected chi connectivity index (χ0v) is 14.1. The van der Waals surface area contributed by atoms with Gasteiger partial charge in [-0.3, -0.25) is 4.57 Å². The molecule has 0 saturated carbocycles. The van der Waals surface area contributed by atoms with Crippen molar-refractivity contribution in [2.45, 2.75) is 13.8 Å². The first kappa shape index (κ1) is 16.4. The van der Waals surface area contributed by atoms with E-state index in [0.717, 1.165) is 11.4 Å². The highest BCUT2D eigenvalue weighted by Gasteiger charge is 2.08. The van der Waals surface area contributed by atoms with Gasteiger partial charge in [-0.25, -0.2) is 19.7 Å². The SMILES string of the molecule is COc1cccc(NC(=O)Nc2cnc(-n3cnc(C)c3C)nc2)c1. The van der Waals surface area contributed by atoms with E-state index in [4.69, 9.17) is 4.74 Å². The molecule has 0 bridgehead atoms. The van der Waals surface area contributed by atoms with E-state index in [1.165, 1.54) is 0 Å². The molecule has 3 aromatic rings. The second-order valence-electron chi connectivity index (χ2n) is 5.37. The second kappa shape index (κ2) is 7.00. The molecule has 0 saturated heterocycles. The molecule has 1 aromatic carbocycles. The van der Waals surface area contributed by atoms with E-state index in [9.17, 15) is 4.79 Å². The molecule has 0 atom stereocenters. The zero-order chi connectivity index (χ0) is 17.8. The molecule has 0 aliphatic carbocycles. The first-order chi connectivity index (χ1) is 12.1. The third-order valence-corrected chi connectivity index (χ3v) is 3.69. The minimum Gasteiger partial charge on any atom is -0.497 e. The number of aryl methyl sites for hydroxylation is 1. The topological polar surface area (TPSA) is 94.0 Å². The molecule has 8 nitrogen and oxygen atoms in total. The Kier molecular flexibility index (Phi) is 4.60. The van der Waals surface area contributed by atoms with E-state index in [1.807, 2.05) is 13.8 Å². The van der Waals surface area contributed by atoms with Gasteiger partial charge in [0.2, 0.25) is 5.95 Å². The smallest absolute Gasteiger partial charge is 0.323 e. The summed E-state index contributed by atoms with van der Waals surface area (Å²) in [6.07, 6.45) is 4.76. The van der Waals surface area contributed by atoms with E-state index in [0.29, 0.717) is 23.1 Å². The number of nitrogens with one attached hydrogen (secondary N) is 2. The van der Waals surface area contributed by atoms with Crippen molar-refractivity contribution >= 4 is 17.4 Å². The lowest BCUT2D eigenvalue weighted by atomic mass is 10.3. The molecule has 0 fully saturated rings. The van der Waals surface area contributed by atoms with Gasteiger partial charge in [-0.2, -0.15) is 0 Å². The van der Waals surface area contributed by atoms with Gasteiger partial charge in [0.25, 0.3) is 0 Å². The summed E-state index contributed by atoms with van der Waals surface area (Å²) in [4.78, 5) is 24.8. The third-order valence-electron chi connectivity index (χ3n) is 3.69. The lowest BCUT2D eigenvalue weighted by Crippen LogP contribution is -2.19. The van der Waals surface area contributed by atoms with Gasteiger partial charge in [0.15, 0.2) is 0 Å². The number of anilines is 2. The highest BCUT2D eigenvalue weighted by atomic mass is 16.5. The fraction of sp³-hybridized carbons (Fsp3) is 0.176. The Morgan fingerprint density at radius 1 is 1.08 bits per heavy atom. The van der Waals surface area contributed by atoms with Crippen LogP contribution in [-0.4, -0.2) is 32.7 Å². The Hall–Kier alpha value is -3.42. The zero-order valence-electron chi connectivity index (χ0n) is 14.1. The number of aromatic nitrogens is 4. The van der Waals surface area contributed by atoms with Gasteiger partial charge < -0.3 is 15.4 Å². The van der Waals surface area contributed by atoms with Crippen LogP contribution in [0.3, 0.4) is 0 Å². The van der Waals surface area contributed by atoms with Crippen LogP contribution < -0.4 is 15.4 Å². The van der Waals surface area contributed by atoms with Crippen molar-refractivity contribution in [1.29, 1.82) is 0 Å². The molecular formula is C17H18N6O2. The van der Waals surface area contributed by atoms with Crippen molar-refractivity contribution in [2.24, 2.45) is 0 Å². The highest BCUT2D eigenvalue weighted by Crippen LogP contribution is 2.17. The maximum Gasteiger partial charge on any atom is 0.323 e. The Labute approximate surface area is 144 Å². The van der Waals surface area contributed by atoms with Crippen molar-refractivity contribution in [2.75, 3.05) is 17.7 Å². The number of hydrogen-bond acceptors (Lipinski definition) is 5. The first-order valence-corrected chi connectivity index (χ1v) is 7.62. The molecular weight excluding hydrogens is 320 g/mol. The van der Waals surface area contributed by atoms with Crippen LogP contribution in [0, 0.1) is 13.8 Å². The number of rotatable bonds is 4. The maximum atomic E-state index is 12.1. The van der Waals surface area contributed by atoms with Gasteiger partial charge in [0.1, 0.15) is 12.1 Å². The number of carbonyl (C=O) groups excluding carboxylic acids is 1. The van der Waals surface area contributed by atoms with Crippen LogP contribution in [0.25, 0.3) is 5.95 Å². The molecule has 0 aliphatic heterocycles. The maximum absolute atomic E-state index is 12.1. The van der Waals surface area contributed by atoms with Crippen molar-refractivity contribution in [3.63, 3.8) is 0 Å². The van der Waals surface area contributed by atoms with Crippen molar-refractivity contribution in [3.05, 3.63) is 54.4 Å². The van der Waals surface area contributed by atoms with Crippen molar-refractivity contribution < 1.29 is 9.53 Å². The van der Waals surface area contributed by atoms with E-state index in [1.54, 1.807) is 54.7 Å². The lowest BCUT2D eigenvalue weighted by Gasteiger charge is -2.09. The molecule has 2 aromatic heterocycles. The average Bonchev–Trinajstić information content (AvgIpc) is 2.95. The minimum absolute atomic E-state index is 0.390. The van der Waals surface area contributed by atoms with Crippen molar-refractivity contribution in [1.82, 2.24) is 19.5 Å². The number of imidazole rings is 1. The number of methoxy groups -OCH3 is 1. The number of amides is 2. The van der Waals surface area contributed by atoms with Gasteiger partial charge in [0.05, 0.1) is 30.9 Å². The summed E-state index contributed by atoms with van der Waals surface area (Å²) in [6.45, 7) is 3.87. The van der Waals surface area contributed by atoms with Gasteiger partial charge in [-0.1, -0.05) is 6.07 Å². The second-order valence-corrected chi connectivity index (χ2v) is 5.37. The highest BCUT2D eigenvalue weighted by molar-refractivity contribution is 5.99. The molecule has 0 aliphatic rings. The van der Waals surface area contributed by atoms with Crippen LogP contribution in [-0.2, 0) is 0 Å². The van der Waals surface area contributed by atoms with Crippen LogP contribution in [0.1, 0.15) is 11.4 Å². The van der Waals surface area contributed by atoms with Crippen LogP contribution in [0.15, 0.2) is 43.0 Å². The number of nitrogens with zero attached hydrogens (tertiary/aromatic N) is 4. The number of urea groups is 1. The summed E-state index contributed by atoms with van der Waals surface area (Å²) in [6, 6.07) is 6.70. The summed E-state index contributed by atoms with van der Waals surface area (Å²) >= 11 is 0. The Morgan fingerprint density at radius 2 is 1.80 bits per heavy atom. The van der Waals surface area contributed by atoms with E-state index in [2.05, 4.69) is 25.6 Å². The van der Waals surface area contributed by atoms with Crippen LogP contribution in [0.5, 0.6) is 5.75 Å². The normalized spacial score (nSPS) is 10.4. The Balaban J connectivity index is 1.66. The summed E-state index contributed by atoms with van der Waals surface area (Å²) in [5.41, 5.74) is 3.00. The van der Waals surface area contributed by atoms with E-state index < -0.39 is 0 Å². The summed E-state index contributed by atoms with van der Waals surface area (Å²) in [5.74, 6) is 1.16. The van der Waals surface area contributed by atoms with Gasteiger partial charge in [-0.05, 0) is 26.0 Å². The largest absolute Gasteiger partial charge is 0.497 e. The number of ether oxygens (including phenoxy) is 1. The molecule has 0 unspecified atom stereocenters. The minimum atomic E-state index is -0.390. The standard InChI is InChI=1S/C17H18N6O2/c1-11-12(2)23(10-20-11)16-18-8-14(9-19-16)22-17(24)21-13-5-4-6-15(7-13)25-3/h4-10H,1-3H3,(H2,21,22,24). The number of carbonyl (C=O) groups is 1. The van der Waals surface area contributed by atoms with E-state index >= 15 is 0 Å². The predicted molar refractivity (Wildman–Crippen MR) is 94.3 cm³/mol. The monoisotopic (exact) mass is 338 g/mol. The molecule has 0 radical (unpaired) electrons. The molecule has 0 spiro atoms. The van der Waals surface area contributed by atoms with Crippen LogP contribution >= 0.6 is 0 Å². The van der Waals surface area contributed by atoms with Gasteiger partial charge in [0, 0.05) is 17.4 Å². The summed E-state index contributed by atoms with van der Waals surface area (Å²) in [7, 11) is 1.57. The molecule has 8 heteroatoms. The van der Waals surface area contributed by atoms with Gasteiger partial charge in [-0.15, -0.1) is 0 Å². The average molecular weight is 338 g/mol. The fourth-order valence-corrected chi connectivity index (χ4v) is 2.20. The molecule has 128 valence electrons. The molecule has 25 heavy (non-hydrogen) atoms. The molecule has 3 rings (SSSR count). The van der Waals surface area contributed by atoms with Gasteiger partial charge >= 0.3 is 6.03 Å². The van der Waals surface area contributed by atoms with Crippen LogP contribution in [0.4, 0.5) is 16.2 Å². The molecule has 2 heterocycles. The number of benzene rings is 1. The number of hydrogen-bond donors (Lipinski definition) is 2. The molecule has 2 N–H and O–H groups in total. The Bertz CT molecular complexity index is 888. The summed E-state index contributed by atoms with van der Waals surface area (Å²) < 4.78 is 6.91. The van der Waals surface area contributed by atoms with Crippen LogP contribution in [0.2, 0.25) is 0 Å². The lowest BCUT2D eigenvalue weighted by molar-refractivity contribution is 0.262. The summed E-state index contributed by atoms with van der Waals surface area (Å²) in [5, 5.41) is 5.41. The predicted octanol–water partition coefficient (Wildman–Crippen LogP) is 2.93. The first-order valence-electron chi connectivity index (χ1n) is 7.62. The third kappa shape index (κ3) is 3.74. The fourth-order valence-electron chi connectivity index (χ4n) is 2.20. The molecule has 2 amide bonds. The quantitative estimate of drug-likeness (QED) is 0.763. The van der Waals surface area contributed by atoms with E-state index in [-0.39, 0.29) is 6.03 Å². The van der Waals surface area contributed by atoms with Crippen molar-refractivity contribution in [3.8, 4) is 11.7 Å². The Morgan fingerprint density at radius 3 is 2.44 bits per heavy atom.